The predicted molar refractivity (Wildman–Crippen MR) is 87.1 cm³/mol. The van der Waals surface area contributed by atoms with Crippen LogP contribution < -0.4 is 5.32 Å². The molecule has 0 unspecified atom stereocenters. The molecule has 0 aromatic carbocycles. The number of nitrogens with one attached hydrogen (secondary N) is 1. The van der Waals surface area contributed by atoms with Crippen molar-refractivity contribution in [2.24, 2.45) is 0 Å². The van der Waals surface area contributed by atoms with Gasteiger partial charge in [-0.2, -0.15) is 0 Å². The normalized spacial score (nSPS) is 20.3. The Bertz CT molecular complexity index is 641. The number of thiazole rings is 1. The topological polar surface area (TPSA) is 67.6 Å². The minimum Gasteiger partial charge on any atom is -0.467 e. The summed E-state index contributed by atoms with van der Waals surface area (Å²) in [4.78, 5) is 19.0. The second kappa shape index (κ2) is 7.25. The molecule has 1 N–H and O–H groups in total. The Morgan fingerprint density at radius 2 is 2.48 bits per heavy atom. The highest BCUT2D eigenvalue weighted by atomic mass is 32.1. The molecular weight excluding hydrogens is 314 g/mol. The molecule has 0 radical (unpaired) electrons. The fourth-order valence-corrected chi connectivity index (χ4v) is 3.43. The summed E-state index contributed by atoms with van der Waals surface area (Å²) in [6.45, 7) is 6.35. The van der Waals surface area contributed by atoms with Crippen LogP contribution in [0.1, 0.15) is 29.5 Å². The highest BCUT2D eigenvalue weighted by molar-refractivity contribution is 7.09. The molecule has 23 heavy (non-hydrogen) atoms. The minimum absolute atomic E-state index is 0.00244. The van der Waals surface area contributed by atoms with Gasteiger partial charge in [-0.1, -0.05) is 0 Å². The van der Waals surface area contributed by atoms with E-state index >= 15 is 0 Å². The number of morpholine rings is 1. The number of rotatable bonds is 5. The monoisotopic (exact) mass is 335 g/mol. The summed E-state index contributed by atoms with van der Waals surface area (Å²) in [5, 5.41) is 5.92. The van der Waals surface area contributed by atoms with Crippen molar-refractivity contribution in [1.82, 2.24) is 15.2 Å². The standard InChI is InChI=1S/C16H21N3O3S/c1-11-10-23-16(18-11)14-9-19(5-7-22-14)12(2)15(20)17-8-13-4-3-6-21-13/h3-4,6,10,12,14H,5,7-9H2,1-2H3,(H,17,20)/t12-,14+/m0/s1. The predicted octanol–water partition coefficient (Wildman–Crippen LogP) is 2.12. The Morgan fingerprint density at radius 1 is 1.61 bits per heavy atom. The Hall–Kier alpha value is -1.70. The van der Waals surface area contributed by atoms with Crippen LogP contribution in [-0.2, 0) is 16.1 Å². The number of hydrogen-bond acceptors (Lipinski definition) is 6. The maximum absolute atomic E-state index is 12.3. The van der Waals surface area contributed by atoms with E-state index in [1.807, 2.05) is 31.4 Å². The Balaban J connectivity index is 1.55. The molecule has 6 nitrogen and oxygen atoms in total. The number of amides is 1. The van der Waals surface area contributed by atoms with Crippen molar-refractivity contribution in [3.05, 3.63) is 40.2 Å². The molecule has 1 aliphatic heterocycles. The second-order valence-electron chi connectivity index (χ2n) is 5.65. The number of aromatic nitrogens is 1. The number of hydrogen-bond donors (Lipinski definition) is 1. The molecule has 0 aliphatic carbocycles. The average molecular weight is 335 g/mol. The molecule has 0 spiro atoms. The molecule has 0 saturated carbocycles. The lowest BCUT2D eigenvalue weighted by atomic mass is 10.2. The Kier molecular flexibility index (Phi) is 5.09. The molecular formula is C16H21N3O3S. The third kappa shape index (κ3) is 3.99. The largest absolute Gasteiger partial charge is 0.467 e. The zero-order valence-electron chi connectivity index (χ0n) is 13.3. The molecule has 0 bridgehead atoms. The van der Waals surface area contributed by atoms with Crippen LogP contribution in [0.4, 0.5) is 0 Å². The minimum atomic E-state index is -0.211. The number of aryl methyl sites for hydroxylation is 1. The Morgan fingerprint density at radius 3 is 3.17 bits per heavy atom. The number of ether oxygens (including phenoxy) is 1. The number of carbonyl (C=O) groups excluding carboxylic acids is 1. The molecule has 1 aliphatic rings. The van der Waals surface area contributed by atoms with Crippen molar-refractivity contribution >= 4 is 17.2 Å². The fourth-order valence-electron chi connectivity index (χ4n) is 2.59. The van der Waals surface area contributed by atoms with E-state index in [0.29, 0.717) is 19.7 Å². The van der Waals surface area contributed by atoms with Crippen LogP contribution in [0.3, 0.4) is 0 Å². The van der Waals surface area contributed by atoms with Gasteiger partial charge in [0.25, 0.3) is 0 Å². The molecule has 1 amide bonds. The summed E-state index contributed by atoms with van der Waals surface area (Å²) >= 11 is 1.61. The van der Waals surface area contributed by atoms with Crippen LogP contribution in [0.15, 0.2) is 28.2 Å². The molecule has 2 atom stereocenters. The SMILES string of the molecule is Cc1csc([C@H]2CN([C@@H](C)C(=O)NCc3ccco3)CCO2)n1. The molecule has 2 aromatic rings. The van der Waals surface area contributed by atoms with Gasteiger partial charge in [0.05, 0.1) is 25.5 Å². The lowest BCUT2D eigenvalue weighted by Gasteiger charge is -2.35. The van der Waals surface area contributed by atoms with Crippen molar-refractivity contribution in [2.45, 2.75) is 32.5 Å². The van der Waals surface area contributed by atoms with E-state index in [1.165, 1.54) is 0 Å². The van der Waals surface area contributed by atoms with Crippen LogP contribution in [-0.4, -0.2) is 41.5 Å². The van der Waals surface area contributed by atoms with E-state index in [1.54, 1.807) is 17.6 Å². The third-order valence-electron chi connectivity index (χ3n) is 3.95. The average Bonchev–Trinajstić information content (AvgIpc) is 3.23. The summed E-state index contributed by atoms with van der Waals surface area (Å²) in [6.07, 6.45) is 1.55. The van der Waals surface area contributed by atoms with E-state index in [4.69, 9.17) is 9.15 Å². The van der Waals surface area contributed by atoms with E-state index in [0.717, 1.165) is 23.0 Å². The molecule has 7 heteroatoms. The van der Waals surface area contributed by atoms with E-state index < -0.39 is 0 Å². The van der Waals surface area contributed by atoms with Gasteiger partial charge in [-0.25, -0.2) is 4.98 Å². The van der Waals surface area contributed by atoms with E-state index in [2.05, 4.69) is 15.2 Å². The van der Waals surface area contributed by atoms with Crippen molar-refractivity contribution in [1.29, 1.82) is 0 Å². The molecule has 1 saturated heterocycles. The lowest BCUT2D eigenvalue weighted by molar-refractivity contribution is -0.129. The van der Waals surface area contributed by atoms with Crippen LogP contribution >= 0.6 is 11.3 Å². The van der Waals surface area contributed by atoms with Crippen molar-refractivity contribution < 1.29 is 13.9 Å². The van der Waals surface area contributed by atoms with Gasteiger partial charge in [0.15, 0.2) is 0 Å². The first kappa shape index (κ1) is 16.2. The van der Waals surface area contributed by atoms with Gasteiger partial charge in [-0.15, -0.1) is 11.3 Å². The highest BCUT2D eigenvalue weighted by Crippen LogP contribution is 2.26. The van der Waals surface area contributed by atoms with Crippen LogP contribution in [0.2, 0.25) is 0 Å². The van der Waals surface area contributed by atoms with E-state index in [-0.39, 0.29) is 18.1 Å². The Labute approximate surface area is 139 Å². The van der Waals surface area contributed by atoms with Crippen LogP contribution in [0.5, 0.6) is 0 Å². The zero-order chi connectivity index (χ0) is 16.2. The molecule has 124 valence electrons. The number of carbonyl (C=O) groups is 1. The van der Waals surface area contributed by atoms with Gasteiger partial charge in [0.1, 0.15) is 16.9 Å². The quantitative estimate of drug-likeness (QED) is 0.906. The lowest BCUT2D eigenvalue weighted by Crippen LogP contribution is -2.50. The van der Waals surface area contributed by atoms with Crippen molar-refractivity contribution in [3.8, 4) is 0 Å². The third-order valence-corrected chi connectivity index (χ3v) is 5.01. The molecule has 2 aromatic heterocycles. The first-order valence-electron chi connectivity index (χ1n) is 7.71. The maximum Gasteiger partial charge on any atom is 0.237 e. The van der Waals surface area contributed by atoms with Crippen molar-refractivity contribution in [2.75, 3.05) is 19.7 Å². The summed E-state index contributed by atoms with van der Waals surface area (Å²) in [6, 6.07) is 3.45. The summed E-state index contributed by atoms with van der Waals surface area (Å²) in [5.41, 5.74) is 1.01. The summed E-state index contributed by atoms with van der Waals surface area (Å²) in [7, 11) is 0. The van der Waals surface area contributed by atoms with Gasteiger partial charge in [-0.05, 0) is 26.0 Å². The molecule has 3 rings (SSSR count). The maximum atomic E-state index is 12.3. The van der Waals surface area contributed by atoms with Gasteiger partial charge < -0.3 is 14.5 Å². The number of furan rings is 1. The first-order valence-corrected chi connectivity index (χ1v) is 8.59. The van der Waals surface area contributed by atoms with Crippen LogP contribution in [0, 0.1) is 6.92 Å². The van der Waals surface area contributed by atoms with Gasteiger partial charge in [0.2, 0.25) is 5.91 Å². The molecule has 1 fully saturated rings. The second-order valence-corrected chi connectivity index (χ2v) is 6.54. The van der Waals surface area contributed by atoms with Crippen LogP contribution in [0.25, 0.3) is 0 Å². The summed E-state index contributed by atoms with van der Waals surface area (Å²) < 4.78 is 11.0. The fraction of sp³-hybridized carbons (Fsp3) is 0.500. The van der Waals surface area contributed by atoms with Gasteiger partial charge >= 0.3 is 0 Å². The summed E-state index contributed by atoms with van der Waals surface area (Å²) in [5.74, 6) is 0.751. The number of nitrogens with zero attached hydrogens (tertiary/aromatic N) is 2. The molecule has 3 heterocycles. The van der Waals surface area contributed by atoms with Gasteiger partial charge in [-0.3, -0.25) is 9.69 Å². The van der Waals surface area contributed by atoms with Gasteiger partial charge in [0, 0.05) is 24.2 Å². The first-order chi connectivity index (χ1) is 11.1. The van der Waals surface area contributed by atoms with Crippen molar-refractivity contribution in [3.63, 3.8) is 0 Å². The highest BCUT2D eigenvalue weighted by Gasteiger charge is 2.30. The zero-order valence-corrected chi connectivity index (χ0v) is 14.1. The smallest absolute Gasteiger partial charge is 0.237 e. The van der Waals surface area contributed by atoms with E-state index in [9.17, 15) is 4.79 Å².